The Morgan fingerprint density at radius 3 is 2.21 bits per heavy atom. The van der Waals surface area contributed by atoms with E-state index in [1.165, 1.54) is 6.92 Å². The number of nitrogens with zero attached hydrogens (tertiary/aromatic N) is 1. The van der Waals surface area contributed by atoms with E-state index < -0.39 is 29.1 Å². The van der Waals surface area contributed by atoms with Crippen LogP contribution in [0.4, 0.5) is 8.78 Å². The van der Waals surface area contributed by atoms with E-state index in [4.69, 9.17) is 5.11 Å². The first kappa shape index (κ1) is 13.3. The normalized spacial score (nSPS) is 10.5. The third kappa shape index (κ3) is 2.65. The summed E-state index contributed by atoms with van der Waals surface area (Å²) < 4.78 is 26.2. The first-order chi connectivity index (χ1) is 8.88. The number of carboxylic acids is 1. The molecular weight excluding hydrogens is 276 g/mol. The van der Waals surface area contributed by atoms with Gasteiger partial charge in [-0.25, -0.2) is 18.6 Å². The highest BCUT2D eigenvalue weighted by molar-refractivity contribution is 7.17. The zero-order chi connectivity index (χ0) is 14.2. The predicted octanol–water partition coefficient (Wildman–Crippen LogP) is 2.99. The monoisotopic (exact) mass is 283 g/mol. The fraction of sp³-hybridized carbons (Fsp3) is 0.0833. The van der Waals surface area contributed by atoms with Crippen molar-refractivity contribution in [2.75, 3.05) is 0 Å². The number of hydrogen-bond donors (Lipinski definition) is 1. The largest absolute Gasteiger partial charge is 0.476 e. The van der Waals surface area contributed by atoms with Gasteiger partial charge in [-0.2, -0.15) is 0 Å². The second kappa shape index (κ2) is 4.85. The van der Waals surface area contributed by atoms with Crippen molar-refractivity contribution in [1.82, 2.24) is 4.98 Å². The van der Waals surface area contributed by atoms with Crippen molar-refractivity contribution in [3.63, 3.8) is 0 Å². The van der Waals surface area contributed by atoms with Gasteiger partial charge in [0.05, 0.1) is 0 Å². The molecule has 1 aromatic carbocycles. The van der Waals surface area contributed by atoms with Crippen molar-refractivity contribution in [1.29, 1.82) is 0 Å². The Balaban J connectivity index is 2.60. The fourth-order valence-electron chi connectivity index (χ4n) is 1.50. The van der Waals surface area contributed by atoms with E-state index >= 15 is 0 Å². The third-order valence-corrected chi connectivity index (χ3v) is 3.46. The number of Topliss-reactive ketones (excluding diaryl/α,β-unsaturated/α-hetero) is 1. The molecule has 0 saturated heterocycles. The van der Waals surface area contributed by atoms with Crippen molar-refractivity contribution in [3.8, 4) is 10.6 Å². The summed E-state index contributed by atoms with van der Waals surface area (Å²) in [5, 5.41) is 9.01. The summed E-state index contributed by atoms with van der Waals surface area (Å²) in [7, 11) is 0. The zero-order valence-corrected chi connectivity index (χ0v) is 10.4. The minimum absolute atomic E-state index is 0.0489. The summed E-state index contributed by atoms with van der Waals surface area (Å²) in [6, 6.07) is 2.75. The molecule has 1 aromatic heterocycles. The van der Waals surface area contributed by atoms with Gasteiger partial charge in [0.15, 0.2) is 11.5 Å². The van der Waals surface area contributed by atoms with Gasteiger partial charge in [-0.1, -0.05) is 0 Å². The number of aromatic carboxylic acids is 1. The van der Waals surface area contributed by atoms with Gasteiger partial charge in [-0.05, 0) is 12.1 Å². The maximum absolute atomic E-state index is 13.1. The van der Waals surface area contributed by atoms with Crippen LogP contribution in [-0.4, -0.2) is 21.8 Å². The Morgan fingerprint density at radius 2 is 1.79 bits per heavy atom. The van der Waals surface area contributed by atoms with E-state index in [0.717, 1.165) is 23.5 Å². The second-order valence-corrected chi connectivity index (χ2v) is 4.72. The molecule has 1 heterocycles. The first-order valence-electron chi connectivity index (χ1n) is 5.10. The molecule has 0 aliphatic rings. The van der Waals surface area contributed by atoms with Crippen LogP contribution < -0.4 is 0 Å². The molecule has 0 unspecified atom stereocenters. The highest BCUT2D eigenvalue weighted by Gasteiger charge is 2.21. The van der Waals surface area contributed by atoms with Crippen LogP contribution in [0, 0.1) is 11.6 Å². The molecular formula is C12H7F2NO3S. The van der Waals surface area contributed by atoms with Gasteiger partial charge in [0, 0.05) is 18.6 Å². The Labute approximate surface area is 110 Å². The van der Waals surface area contributed by atoms with Gasteiger partial charge in [0.1, 0.15) is 21.5 Å². The van der Waals surface area contributed by atoms with Crippen LogP contribution in [0.15, 0.2) is 18.2 Å². The van der Waals surface area contributed by atoms with Gasteiger partial charge in [-0.3, -0.25) is 4.79 Å². The summed E-state index contributed by atoms with van der Waals surface area (Å²) in [4.78, 5) is 26.0. The molecule has 19 heavy (non-hydrogen) atoms. The molecule has 0 amide bonds. The number of benzene rings is 1. The first-order valence-corrected chi connectivity index (χ1v) is 5.91. The quantitative estimate of drug-likeness (QED) is 0.879. The molecule has 2 rings (SSSR count). The third-order valence-electron chi connectivity index (χ3n) is 2.26. The maximum atomic E-state index is 13.1. The number of carbonyl (C=O) groups excluding carboxylic acids is 1. The molecule has 1 N–H and O–H groups in total. The van der Waals surface area contributed by atoms with Crippen LogP contribution in [-0.2, 0) is 0 Å². The lowest BCUT2D eigenvalue weighted by Gasteiger charge is -1.96. The van der Waals surface area contributed by atoms with Gasteiger partial charge in [-0.15, -0.1) is 11.3 Å². The average molecular weight is 283 g/mol. The summed E-state index contributed by atoms with van der Waals surface area (Å²) in [5.74, 6) is -3.42. The number of carbonyl (C=O) groups is 2. The van der Waals surface area contributed by atoms with Crippen molar-refractivity contribution in [2.45, 2.75) is 6.92 Å². The van der Waals surface area contributed by atoms with Crippen molar-refractivity contribution < 1.29 is 23.5 Å². The Kier molecular flexibility index (Phi) is 3.39. The number of carboxylic acid groups (broad SMARTS) is 1. The Bertz CT molecular complexity index is 630. The Morgan fingerprint density at radius 1 is 1.21 bits per heavy atom. The highest BCUT2D eigenvalue weighted by atomic mass is 32.1. The Hall–Kier alpha value is -2.15. The van der Waals surface area contributed by atoms with Crippen LogP contribution in [0.1, 0.15) is 27.1 Å². The molecule has 0 spiro atoms. The van der Waals surface area contributed by atoms with Crippen molar-refractivity contribution in [3.05, 3.63) is 40.4 Å². The maximum Gasteiger partial charge on any atom is 0.356 e. The van der Waals surface area contributed by atoms with E-state index in [1.807, 2.05) is 0 Å². The van der Waals surface area contributed by atoms with Crippen LogP contribution in [0.25, 0.3) is 10.6 Å². The SMILES string of the molecule is CC(=O)c1sc(-c2cc(F)cc(F)c2)nc1C(=O)O. The zero-order valence-electron chi connectivity index (χ0n) is 9.61. The molecule has 0 atom stereocenters. The van der Waals surface area contributed by atoms with E-state index in [-0.39, 0.29) is 15.4 Å². The van der Waals surface area contributed by atoms with Crippen LogP contribution in [0.2, 0.25) is 0 Å². The molecule has 2 aromatic rings. The molecule has 0 radical (unpaired) electrons. The van der Waals surface area contributed by atoms with Crippen LogP contribution in [0.5, 0.6) is 0 Å². The van der Waals surface area contributed by atoms with Crippen molar-refractivity contribution in [2.24, 2.45) is 0 Å². The van der Waals surface area contributed by atoms with E-state index in [9.17, 15) is 18.4 Å². The summed E-state index contributed by atoms with van der Waals surface area (Å²) in [6.45, 7) is 1.20. The number of halogens is 2. The minimum atomic E-state index is -1.36. The molecule has 0 bridgehead atoms. The van der Waals surface area contributed by atoms with Crippen LogP contribution in [0.3, 0.4) is 0 Å². The molecule has 0 saturated carbocycles. The number of thiazole rings is 1. The fourth-order valence-corrected chi connectivity index (χ4v) is 2.44. The van der Waals surface area contributed by atoms with E-state index in [2.05, 4.69) is 4.98 Å². The summed E-state index contributed by atoms with van der Waals surface area (Å²) >= 11 is 0.792. The van der Waals surface area contributed by atoms with Gasteiger partial charge >= 0.3 is 5.97 Å². The van der Waals surface area contributed by atoms with Gasteiger partial charge < -0.3 is 5.11 Å². The lowest BCUT2D eigenvalue weighted by atomic mass is 10.2. The topological polar surface area (TPSA) is 67.3 Å². The molecule has 7 heteroatoms. The molecule has 98 valence electrons. The van der Waals surface area contributed by atoms with E-state index in [0.29, 0.717) is 6.07 Å². The average Bonchev–Trinajstić information content (AvgIpc) is 2.72. The number of aromatic nitrogens is 1. The smallest absolute Gasteiger partial charge is 0.356 e. The predicted molar refractivity (Wildman–Crippen MR) is 64.4 cm³/mol. The summed E-state index contributed by atoms with van der Waals surface area (Å²) in [5.41, 5.74) is -0.310. The van der Waals surface area contributed by atoms with Crippen LogP contribution >= 0.6 is 11.3 Å². The van der Waals surface area contributed by atoms with E-state index in [1.54, 1.807) is 0 Å². The second-order valence-electron chi connectivity index (χ2n) is 3.72. The van der Waals surface area contributed by atoms with Crippen molar-refractivity contribution >= 4 is 23.1 Å². The molecule has 0 aliphatic heterocycles. The standard InChI is InChI=1S/C12H7F2NO3S/c1-5(16)10-9(12(17)18)15-11(19-10)6-2-7(13)4-8(14)3-6/h2-4H,1H3,(H,17,18). The van der Waals surface area contributed by atoms with Gasteiger partial charge in [0.2, 0.25) is 0 Å². The summed E-state index contributed by atoms with van der Waals surface area (Å²) in [6.07, 6.45) is 0. The number of hydrogen-bond acceptors (Lipinski definition) is 4. The molecule has 4 nitrogen and oxygen atoms in total. The van der Waals surface area contributed by atoms with Gasteiger partial charge in [0.25, 0.3) is 0 Å². The highest BCUT2D eigenvalue weighted by Crippen LogP contribution is 2.29. The minimum Gasteiger partial charge on any atom is -0.476 e. The number of rotatable bonds is 3. The lowest BCUT2D eigenvalue weighted by Crippen LogP contribution is -2.03. The molecule has 0 aliphatic carbocycles. The molecule has 0 fully saturated rings. The lowest BCUT2D eigenvalue weighted by molar-refractivity contribution is 0.0687. The number of ketones is 1.